The number of carbonyl (C=O) groups is 2. The molecule has 2 N–H and O–H groups in total. The van der Waals surface area contributed by atoms with Crippen molar-refractivity contribution in [3.63, 3.8) is 0 Å². The van der Waals surface area contributed by atoms with Crippen LogP contribution in [0.5, 0.6) is 0 Å². The minimum atomic E-state index is -0.352. The van der Waals surface area contributed by atoms with Crippen molar-refractivity contribution in [2.75, 3.05) is 6.54 Å². The summed E-state index contributed by atoms with van der Waals surface area (Å²) in [7, 11) is 0. The van der Waals surface area contributed by atoms with Crippen LogP contribution in [0, 0.1) is 0 Å². The SMILES string of the molecule is O=C1CCC(C(=O)NCCn2ccnc2)N1. The van der Waals surface area contributed by atoms with Crippen LogP contribution in [-0.2, 0) is 16.1 Å². The molecule has 0 bridgehead atoms. The highest BCUT2D eigenvalue weighted by atomic mass is 16.2. The molecule has 1 aromatic rings. The lowest BCUT2D eigenvalue weighted by Crippen LogP contribution is -2.42. The Morgan fingerprint density at radius 1 is 1.69 bits per heavy atom. The molecule has 86 valence electrons. The molecule has 6 nitrogen and oxygen atoms in total. The Hall–Kier alpha value is -1.85. The Bertz CT molecular complexity index is 374. The van der Waals surface area contributed by atoms with Gasteiger partial charge in [0.15, 0.2) is 0 Å². The molecule has 2 amide bonds. The quantitative estimate of drug-likeness (QED) is 0.705. The van der Waals surface area contributed by atoms with Gasteiger partial charge in [-0.25, -0.2) is 4.98 Å². The summed E-state index contributed by atoms with van der Waals surface area (Å²) in [5, 5.41) is 5.41. The van der Waals surface area contributed by atoms with Crippen molar-refractivity contribution >= 4 is 11.8 Å². The van der Waals surface area contributed by atoms with Crippen LogP contribution in [0.25, 0.3) is 0 Å². The molecule has 0 saturated carbocycles. The van der Waals surface area contributed by atoms with Gasteiger partial charge in [-0.3, -0.25) is 9.59 Å². The van der Waals surface area contributed by atoms with Gasteiger partial charge in [0.1, 0.15) is 6.04 Å². The van der Waals surface area contributed by atoms with Crippen molar-refractivity contribution in [3.05, 3.63) is 18.7 Å². The van der Waals surface area contributed by atoms with Crippen LogP contribution in [0.1, 0.15) is 12.8 Å². The maximum atomic E-state index is 11.6. The monoisotopic (exact) mass is 222 g/mol. The molecule has 1 aliphatic heterocycles. The smallest absolute Gasteiger partial charge is 0.242 e. The molecule has 2 heterocycles. The van der Waals surface area contributed by atoms with Crippen molar-refractivity contribution in [3.8, 4) is 0 Å². The first kappa shape index (κ1) is 10.7. The number of nitrogens with zero attached hydrogens (tertiary/aromatic N) is 2. The molecule has 1 aromatic heterocycles. The van der Waals surface area contributed by atoms with Gasteiger partial charge in [-0.1, -0.05) is 0 Å². The van der Waals surface area contributed by atoms with Gasteiger partial charge in [0, 0.05) is 31.9 Å². The summed E-state index contributed by atoms with van der Waals surface area (Å²) in [5.74, 6) is -0.152. The third kappa shape index (κ3) is 2.59. The molecule has 1 aliphatic rings. The molecule has 1 atom stereocenters. The van der Waals surface area contributed by atoms with Crippen LogP contribution in [-0.4, -0.2) is 34.0 Å². The third-order valence-corrected chi connectivity index (χ3v) is 2.54. The van der Waals surface area contributed by atoms with E-state index in [-0.39, 0.29) is 17.9 Å². The third-order valence-electron chi connectivity index (χ3n) is 2.54. The van der Waals surface area contributed by atoms with Crippen molar-refractivity contribution < 1.29 is 9.59 Å². The molecular weight excluding hydrogens is 208 g/mol. The van der Waals surface area contributed by atoms with Gasteiger partial charge in [0.05, 0.1) is 6.33 Å². The first-order valence-electron chi connectivity index (χ1n) is 5.28. The number of hydrogen-bond acceptors (Lipinski definition) is 3. The van der Waals surface area contributed by atoms with Crippen molar-refractivity contribution in [2.24, 2.45) is 0 Å². The molecule has 1 fully saturated rings. The Morgan fingerprint density at radius 3 is 3.19 bits per heavy atom. The maximum absolute atomic E-state index is 11.6. The van der Waals surface area contributed by atoms with Gasteiger partial charge in [-0.05, 0) is 6.42 Å². The Balaban J connectivity index is 1.70. The second-order valence-electron chi connectivity index (χ2n) is 3.75. The predicted octanol–water partition coefficient (Wildman–Crippen LogP) is -0.722. The summed E-state index contributed by atoms with van der Waals surface area (Å²) in [6, 6.07) is -0.352. The van der Waals surface area contributed by atoms with E-state index in [1.807, 2.05) is 10.8 Å². The lowest BCUT2D eigenvalue weighted by Gasteiger charge is -2.10. The fourth-order valence-electron chi connectivity index (χ4n) is 1.66. The molecule has 0 aromatic carbocycles. The summed E-state index contributed by atoms with van der Waals surface area (Å²) in [6.45, 7) is 1.23. The van der Waals surface area contributed by atoms with Gasteiger partial charge in [-0.2, -0.15) is 0 Å². The first-order valence-corrected chi connectivity index (χ1v) is 5.28. The highest BCUT2D eigenvalue weighted by molar-refractivity contribution is 5.90. The Morgan fingerprint density at radius 2 is 2.56 bits per heavy atom. The second-order valence-corrected chi connectivity index (χ2v) is 3.75. The van der Waals surface area contributed by atoms with E-state index in [2.05, 4.69) is 15.6 Å². The van der Waals surface area contributed by atoms with Crippen LogP contribution in [0.2, 0.25) is 0 Å². The molecule has 0 aliphatic carbocycles. The topological polar surface area (TPSA) is 76.0 Å². The predicted molar refractivity (Wildman–Crippen MR) is 56.4 cm³/mol. The molecule has 1 saturated heterocycles. The summed E-state index contributed by atoms with van der Waals surface area (Å²) in [6.07, 6.45) is 6.27. The number of imidazole rings is 1. The fraction of sp³-hybridized carbons (Fsp3) is 0.500. The molecule has 6 heteroatoms. The summed E-state index contributed by atoms with van der Waals surface area (Å²) < 4.78 is 1.88. The van der Waals surface area contributed by atoms with Crippen molar-refractivity contribution in [1.29, 1.82) is 0 Å². The molecule has 1 unspecified atom stereocenters. The lowest BCUT2D eigenvalue weighted by molar-refractivity contribution is -0.125. The minimum Gasteiger partial charge on any atom is -0.353 e. The standard InChI is InChI=1S/C10H14N4O2/c15-9-2-1-8(13-9)10(16)12-4-6-14-5-3-11-7-14/h3,5,7-8H,1-2,4,6H2,(H,12,16)(H,13,15). The Kier molecular flexibility index (Phi) is 3.19. The largest absolute Gasteiger partial charge is 0.353 e. The zero-order valence-electron chi connectivity index (χ0n) is 8.85. The summed E-state index contributed by atoms with van der Waals surface area (Å²) >= 11 is 0. The van der Waals surface area contributed by atoms with E-state index in [0.717, 1.165) is 0 Å². The zero-order chi connectivity index (χ0) is 11.4. The van der Waals surface area contributed by atoms with E-state index < -0.39 is 0 Å². The van der Waals surface area contributed by atoms with Crippen LogP contribution < -0.4 is 10.6 Å². The second kappa shape index (κ2) is 4.78. The highest BCUT2D eigenvalue weighted by Gasteiger charge is 2.26. The van der Waals surface area contributed by atoms with E-state index in [1.165, 1.54) is 0 Å². The number of amides is 2. The Labute approximate surface area is 93.0 Å². The van der Waals surface area contributed by atoms with E-state index >= 15 is 0 Å². The van der Waals surface area contributed by atoms with Crippen LogP contribution in [0.3, 0.4) is 0 Å². The van der Waals surface area contributed by atoms with E-state index in [1.54, 1.807) is 12.5 Å². The molecular formula is C10H14N4O2. The van der Waals surface area contributed by atoms with E-state index in [0.29, 0.717) is 25.9 Å². The molecule has 2 rings (SSSR count). The van der Waals surface area contributed by atoms with Crippen molar-refractivity contribution in [1.82, 2.24) is 20.2 Å². The van der Waals surface area contributed by atoms with Gasteiger partial charge in [-0.15, -0.1) is 0 Å². The number of carbonyl (C=O) groups excluding carboxylic acids is 2. The molecule has 16 heavy (non-hydrogen) atoms. The number of rotatable bonds is 4. The van der Waals surface area contributed by atoms with Gasteiger partial charge in [0.25, 0.3) is 0 Å². The normalized spacial score (nSPS) is 19.5. The summed E-state index contributed by atoms with van der Waals surface area (Å²) in [5.41, 5.74) is 0. The number of hydrogen-bond donors (Lipinski definition) is 2. The van der Waals surface area contributed by atoms with Crippen molar-refractivity contribution in [2.45, 2.75) is 25.4 Å². The van der Waals surface area contributed by atoms with Crippen LogP contribution in [0.15, 0.2) is 18.7 Å². The zero-order valence-corrected chi connectivity index (χ0v) is 8.85. The van der Waals surface area contributed by atoms with Gasteiger partial charge in [0.2, 0.25) is 11.8 Å². The van der Waals surface area contributed by atoms with E-state index in [9.17, 15) is 9.59 Å². The van der Waals surface area contributed by atoms with Crippen LogP contribution in [0.4, 0.5) is 0 Å². The highest BCUT2D eigenvalue weighted by Crippen LogP contribution is 2.05. The average Bonchev–Trinajstić information content (AvgIpc) is 2.89. The fourth-order valence-corrected chi connectivity index (χ4v) is 1.66. The number of nitrogens with one attached hydrogen (secondary N) is 2. The number of aromatic nitrogens is 2. The first-order chi connectivity index (χ1) is 7.75. The van der Waals surface area contributed by atoms with E-state index in [4.69, 9.17) is 0 Å². The van der Waals surface area contributed by atoms with Gasteiger partial charge < -0.3 is 15.2 Å². The minimum absolute atomic E-state index is 0.0465. The van der Waals surface area contributed by atoms with Crippen LogP contribution >= 0.6 is 0 Å². The average molecular weight is 222 g/mol. The van der Waals surface area contributed by atoms with Gasteiger partial charge >= 0.3 is 0 Å². The maximum Gasteiger partial charge on any atom is 0.242 e. The molecule has 0 radical (unpaired) electrons. The molecule has 0 spiro atoms. The summed E-state index contributed by atoms with van der Waals surface area (Å²) in [4.78, 5) is 26.4. The lowest BCUT2D eigenvalue weighted by atomic mass is 10.2.